The standard InChI is InChI=1S/C12H14N4O3/c17-8-12-13-10-4-3-9(16(18)19)7-11(10)15(12)14-5-1-2-6-14/h3-4,7,17H,1-2,5-6,8H2. The van der Waals surface area contributed by atoms with Crippen molar-refractivity contribution in [2.75, 3.05) is 18.1 Å². The van der Waals surface area contributed by atoms with Crippen LogP contribution < -0.4 is 5.01 Å². The first-order valence-electron chi connectivity index (χ1n) is 6.22. The number of fused-ring (bicyclic) bond motifs is 1. The van der Waals surface area contributed by atoms with E-state index < -0.39 is 4.92 Å². The van der Waals surface area contributed by atoms with Crippen molar-refractivity contribution in [2.24, 2.45) is 0 Å². The lowest BCUT2D eigenvalue weighted by molar-refractivity contribution is -0.384. The summed E-state index contributed by atoms with van der Waals surface area (Å²) in [6.45, 7) is 1.57. The Morgan fingerprint density at radius 2 is 2.11 bits per heavy atom. The zero-order chi connectivity index (χ0) is 13.4. The normalized spacial score (nSPS) is 15.3. The van der Waals surface area contributed by atoms with Crippen molar-refractivity contribution in [1.82, 2.24) is 9.66 Å². The minimum absolute atomic E-state index is 0.0392. The summed E-state index contributed by atoms with van der Waals surface area (Å²) in [4.78, 5) is 14.8. The Hall–Kier alpha value is -2.15. The summed E-state index contributed by atoms with van der Waals surface area (Å²) in [6.07, 6.45) is 2.17. The van der Waals surface area contributed by atoms with E-state index in [4.69, 9.17) is 0 Å². The van der Waals surface area contributed by atoms with Crippen LogP contribution in [0, 0.1) is 10.1 Å². The molecule has 7 heteroatoms. The van der Waals surface area contributed by atoms with E-state index in [1.807, 2.05) is 4.68 Å². The maximum absolute atomic E-state index is 10.9. The first kappa shape index (κ1) is 11.9. The van der Waals surface area contributed by atoms with Gasteiger partial charge in [-0.1, -0.05) is 0 Å². The first-order valence-corrected chi connectivity index (χ1v) is 6.22. The van der Waals surface area contributed by atoms with Crippen molar-refractivity contribution >= 4 is 16.7 Å². The molecule has 1 saturated heterocycles. The molecule has 2 aromatic rings. The Bertz CT molecular complexity index is 631. The van der Waals surface area contributed by atoms with Crippen molar-refractivity contribution in [2.45, 2.75) is 19.4 Å². The molecule has 0 aliphatic carbocycles. The topological polar surface area (TPSA) is 84.4 Å². The fourth-order valence-corrected chi connectivity index (χ4v) is 2.53. The number of hydrogen-bond acceptors (Lipinski definition) is 5. The first-order chi connectivity index (χ1) is 9.20. The summed E-state index contributed by atoms with van der Waals surface area (Å²) in [5.74, 6) is 0.525. The molecule has 0 atom stereocenters. The number of aliphatic hydroxyl groups excluding tert-OH is 1. The van der Waals surface area contributed by atoms with Crippen molar-refractivity contribution in [3.8, 4) is 0 Å². The van der Waals surface area contributed by atoms with Gasteiger partial charge in [-0.05, 0) is 18.9 Å². The van der Waals surface area contributed by atoms with Crippen molar-refractivity contribution < 1.29 is 10.0 Å². The van der Waals surface area contributed by atoms with Gasteiger partial charge in [-0.2, -0.15) is 0 Å². The molecule has 0 saturated carbocycles. The Labute approximate surface area is 109 Å². The molecule has 0 bridgehead atoms. The second-order valence-electron chi connectivity index (χ2n) is 4.59. The smallest absolute Gasteiger partial charge is 0.271 e. The third-order valence-electron chi connectivity index (χ3n) is 3.40. The molecule has 7 nitrogen and oxygen atoms in total. The molecule has 1 aliphatic heterocycles. The third kappa shape index (κ3) is 1.91. The number of aliphatic hydroxyl groups is 1. The predicted octanol–water partition coefficient (Wildman–Crippen LogP) is 1.17. The molecule has 2 heterocycles. The maximum atomic E-state index is 10.9. The fourth-order valence-electron chi connectivity index (χ4n) is 2.53. The van der Waals surface area contributed by atoms with Crippen molar-refractivity contribution in [3.05, 3.63) is 34.1 Å². The van der Waals surface area contributed by atoms with Gasteiger partial charge in [-0.15, -0.1) is 0 Å². The third-order valence-corrected chi connectivity index (χ3v) is 3.40. The van der Waals surface area contributed by atoms with Gasteiger partial charge in [0.25, 0.3) is 5.69 Å². The number of non-ortho nitro benzene ring substituents is 1. The minimum Gasteiger partial charge on any atom is -0.388 e. The van der Waals surface area contributed by atoms with Crippen LogP contribution in [0.5, 0.6) is 0 Å². The van der Waals surface area contributed by atoms with Gasteiger partial charge >= 0.3 is 0 Å². The van der Waals surface area contributed by atoms with Crippen molar-refractivity contribution in [3.63, 3.8) is 0 Å². The fraction of sp³-hybridized carbons (Fsp3) is 0.417. The van der Waals surface area contributed by atoms with Crippen LogP contribution in [0.15, 0.2) is 18.2 Å². The molecule has 1 N–H and O–H groups in total. The zero-order valence-electron chi connectivity index (χ0n) is 10.3. The Kier molecular flexibility index (Phi) is 2.83. The highest BCUT2D eigenvalue weighted by atomic mass is 16.6. The van der Waals surface area contributed by atoms with Gasteiger partial charge in [-0.25, -0.2) is 9.66 Å². The molecule has 19 heavy (non-hydrogen) atoms. The number of rotatable bonds is 3. The van der Waals surface area contributed by atoms with Gasteiger partial charge in [-0.3, -0.25) is 10.1 Å². The van der Waals surface area contributed by atoms with Gasteiger partial charge in [0, 0.05) is 25.2 Å². The molecule has 3 rings (SSSR count). The van der Waals surface area contributed by atoms with E-state index in [1.165, 1.54) is 12.1 Å². The lowest BCUT2D eigenvalue weighted by Gasteiger charge is -2.21. The van der Waals surface area contributed by atoms with E-state index >= 15 is 0 Å². The van der Waals surface area contributed by atoms with Crippen LogP contribution in [-0.4, -0.2) is 32.8 Å². The predicted molar refractivity (Wildman–Crippen MR) is 69.5 cm³/mol. The lowest BCUT2D eigenvalue weighted by Crippen LogP contribution is -2.32. The van der Waals surface area contributed by atoms with E-state index in [2.05, 4.69) is 9.99 Å². The Morgan fingerprint density at radius 1 is 1.37 bits per heavy atom. The van der Waals surface area contributed by atoms with Crippen LogP contribution in [0.3, 0.4) is 0 Å². The summed E-state index contributed by atoms with van der Waals surface area (Å²) in [5, 5.41) is 22.4. The SMILES string of the molecule is O=[N+]([O-])c1ccc2nc(CO)n(N3CCCC3)c2c1. The molecule has 0 radical (unpaired) electrons. The number of nitro groups is 1. The van der Waals surface area contributed by atoms with Crippen LogP contribution in [0.2, 0.25) is 0 Å². The van der Waals surface area contributed by atoms with E-state index in [1.54, 1.807) is 6.07 Å². The van der Waals surface area contributed by atoms with Crippen LogP contribution in [0.1, 0.15) is 18.7 Å². The highest BCUT2D eigenvalue weighted by Gasteiger charge is 2.20. The molecule has 0 spiro atoms. The van der Waals surface area contributed by atoms with Crippen LogP contribution in [0.25, 0.3) is 11.0 Å². The minimum atomic E-state index is -0.417. The highest BCUT2D eigenvalue weighted by Crippen LogP contribution is 2.24. The second-order valence-corrected chi connectivity index (χ2v) is 4.59. The zero-order valence-corrected chi connectivity index (χ0v) is 10.3. The van der Waals surface area contributed by atoms with Gasteiger partial charge in [0.2, 0.25) is 0 Å². The number of benzene rings is 1. The average molecular weight is 262 g/mol. The summed E-state index contributed by atoms with van der Waals surface area (Å²) in [6, 6.07) is 4.57. The molecular formula is C12H14N4O3. The van der Waals surface area contributed by atoms with Crippen LogP contribution in [-0.2, 0) is 6.61 Å². The number of aromatic nitrogens is 2. The largest absolute Gasteiger partial charge is 0.388 e. The van der Waals surface area contributed by atoms with Gasteiger partial charge in [0.05, 0.1) is 16.0 Å². The summed E-state index contributed by atoms with van der Waals surface area (Å²) in [5.41, 5.74) is 1.39. The van der Waals surface area contributed by atoms with E-state index in [9.17, 15) is 15.2 Å². The van der Waals surface area contributed by atoms with E-state index in [0.29, 0.717) is 16.9 Å². The molecular weight excluding hydrogens is 248 g/mol. The van der Waals surface area contributed by atoms with E-state index in [0.717, 1.165) is 25.9 Å². The number of nitrogens with zero attached hydrogens (tertiary/aromatic N) is 4. The second kappa shape index (κ2) is 4.51. The number of hydrogen-bond donors (Lipinski definition) is 1. The molecule has 1 aliphatic rings. The summed E-state index contributed by atoms with van der Waals surface area (Å²) in [7, 11) is 0. The van der Waals surface area contributed by atoms with Gasteiger partial charge in [0.15, 0.2) is 5.82 Å². The molecule has 1 fully saturated rings. The van der Waals surface area contributed by atoms with Crippen LogP contribution >= 0.6 is 0 Å². The van der Waals surface area contributed by atoms with Crippen LogP contribution in [0.4, 0.5) is 5.69 Å². The van der Waals surface area contributed by atoms with E-state index in [-0.39, 0.29) is 12.3 Å². The quantitative estimate of drug-likeness (QED) is 0.663. The van der Waals surface area contributed by atoms with Gasteiger partial charge < -0.3 is 10.1 Å². The number of nitro benzene ring substituents is 1. The highest BCUT2D eigenvalue weighted by molar-refractivity contribution is 5.79. The maximum Gasteiger partial charge on any atom is 0.271 e. The Balaban J connectivity index is 2.20. The number of imidazole rings is 1. The molecule has 1 aromatic heterocycles. The summed E-state index contributed by atoms with van der Waals surface area (Å²) < 4.78 is 1.81. The monoisotopic (exact) mass is 262 g/mol. The molecule has 0 amide bonds. The Morgan fingerprint density at radius 3 is 2.74 bits per heavy atom. The van der Waals surface area contributed by atoms with Crippen molar-refractivity contribution in [1.29, 1.82) is 0 Å². The molecule has 100 valence electrons. The van der Waals surface area contributed by atoms with Gasteiger partial charge in [0.1, 0.15) is 6.61 Å². The lowest BCUT2D eigenvalue weighted by atomic mass is 10.3. The average Bonchev–Trinajstić information content (AvgIpc) is 3.03. The molecule has 1 aromatic carbocycles. The summed E-state index contributed by atoms with van der Waals surface area (Å²) >= 11 is 0. The molecule has 0 unspecified atom stereocenters.